The molecule has 1 fully saturated rings. The third-order valence-electron chi connectivity index (χ3n) is 4.32. The molecule has 1 saturated heterocycles. The van der Waals surface area contributed by atoms with Gasteiger partial charge < -0.3 is 20.9 Å². The number of hydrogen-bond acceptors (Lipinski definition) is 7. The van der Waals surface area contributed by atoms with Gasteiger partial charge in [-0.2, -0.15) is 0 Å². The number of nitrogens with one attached hydrogen (secondary N) is 1. The van der Waals surface area contributed by atoms with Gasteiger partial charge >= 0.3 is 0 Å². The van der Waals surface area contributed by atoms with Crippen LogP contribution in [0.5, 0.6) is 0 Å². The number of aromatic nitrogens is 3. The lowest BCUT2D eigenvalue weighted by atomic mass is 10.1. The van der Waals surface area contributed by atoms with E-state index in [2.05, 4.69) is 20.3 Å². The molecule has 0 saturated carbocycles. The van der Waals surface area contributed by atoms with Crippen molar-refractivity contribution in [2.24, 2.45) is 5.92 Å². The van der Waals surface area contributed by atoms with E-state index in [9.17, 15) is 9.59 Å². The Kier molecular flexibility index (Phi) is 5.49. The summed E-state index contributed by atoms with van der Waals surface area (Å²) >= 11 is 0. The summed E-state index contributed by atoms with van der Waals surface area (Å²) in [6.07, 6.45) is 3.13. The van der Waals surface area contributed by atoms with Crippen LogP contribution in [0.3, 0.4) is 0 Å². The van der Waals surface area contributed by atoms with Crippen LogP contribution in [0.15, 0.2) is 30.6 Å². The summed E-state index contributed by atoms with van der Waals surface area (Å²) < 4.78 is 0. The van der Waals surface area contributed by atoms with Crippen molar-refractivity contribution in [3.63, 3.8) is 0 Å². The third-order valence-corrected chi connectivity index (χ3v) is 4.32. The lowest BCUT2D eigenvalue weighted by molar-refractivity contribution is -0.134. The number of anilines is 3. The molecule has 2 aromatic heterocycles. The Morgan fingerprint density at radius 3 is 2.52 bits per heavy atom. The van der Waals surface area contributed by atoms with Crippen molar-refractivity contribution in [2.75, 3.05) is 42.1 Å². The van der Waals surface area contributed by atoms with Gasteiger partial charge in [-0.15, -0.1) is 0 Å². The summed E-state index contributed by atoms with van der Waals surface area (Å²) in [7, 11) is 0. The molecule has 142 valence electrons. The van der Waals surface area contributed by atoms with Crippen molar-refractivity contribution < 1.29 is 9.59 Å². The molecular weight excluding hydrogens is 346 g/mol. The number of nitrogens with zero attached hydrogens (tertiary/aromatic N) is 5. The fraction of sp³-hybridized carbons (Fsp3) is 0.389. The second-order valence-electron chi connectivity index (χ2n) is 6.60. The van der Waals surface area contributed by atoms with E-state index < -0.39 is 5.91 Å². The number of hydrogen-bond donors (Lipinski definition) is 2. The standard InChI is InChI=1S/C18H23N7O2/c1-12(2)18(27)25-9-7-24(8-10-25)14-11-21-16(19)15(23-14)17(26)22-13-5-3-4-6-20-13/h3-6,11-12H,7-10H2,1-2H3,(H2,19,21)(H,20,22,26). The lowest BCUT2D eigenvalue weighted by Gasteiger charge is -2.36. The Hall–Kier alpha value is -3.23. The second kappa shape index (κ2) is 7.98. The van der Waals surface area contributed by atoms with Crippen molar-refractivity contribution in [1.29, 1.82) is 0 Å². The van der Waals surface area contributed by atoms with Crippen LogP contribution in [0.4, 0.5) is 17.5 Å². The summed E-state index contributed by atoms with van der Waals surface area (Å²) in [6, 6.07) is 5.20. The highest BCUT2D eigenvalue weighted by molar-refractivity contribution is 6.05. The summed E-state index contributed by atoms with van der Waals surface area (Å²) in [5, 5.41) is 2.66. The Labute approximate surface area is 157 Å². The number of nitrogen functional groups attached to an aromatic ring is 1. The third kappa shape index (κ3) is 4.30. The quantitative estimate of drug-likeness (QED) is 0.826. The topological polar surface area (TPSA) is 117 Å². The first-order valence-electron chi connectivity index (χ1n) is 8.84. The number of pyridine rings is 1. The summed E-state index contributed by atoms with van der Waals surface area (Å²) in [6.45, 7) is 6.26. The highest BCUT2D eigenvalue weighted by Gasteiger charge is 2.24. The Morgan fingerprint density at radius 2 is 1.89 bits per heavy atom. The van der Waals surface area contributed by atoms with Crippen LogP contribution in [0.1, 0.15) is 24.3 Å². The van der Waals surface area contributed by atoms with Crippen molar-refractivity contribution in [3.05, 3.63) is 36.3 Å². The number of rotatable bonds is 4. The minimum absolute atomic E-state index is 0.0187. The van der Waals surface area contributed by atoms with Gasteiger partial charge in [0.05, 0.1) is 6.20 Å². The molecule has 0 aliphatic carbocycles. The molecule has 9 heteroatoms. The zero-order chi connectivity index (χ0) is 19.4. The zero-order valence-electron chi connectivity index (χ0n) is 15.4. The number of piperazine rings is 1. The average Bonchev–Trinajstić information content (AvgIpc) is 2.68. The highest BCUT2D eigenvalue weighted by atomic mass is 16.2. The van der Waals surface area contributed by atoms with E-state index in [1.165, 1.54) is 0 Å². The van der Waals surface area contributed by atoms with Gasteiger partial charge in [-0.25, -0.2) is 15.0 Å². The molecule has 1 aliphatic heterocycles. The first kappa shape index (κ1) is 18.6. The molecule has 0 spiro atoms. The maximum absolute atomic E-state index is 12.5. The lowest BCUT2D eigenvalue weighted by Crippen LogP contribution is -2.50. The summed E-state index contributed by atoms with van der Waals surface area (Å²) in [5.74, 6) is 0.695. The Morgan fingerprint density at radius 1 is 1.15 bits per heavy atom. The minimum atomic E-state index is -0.464. The maximum atomic E-state index is 12.5. The Bertz CT molecular complexity index is 818. The highest BCUT2D eigenvalue weighted by Crippen LogP contribution is 2.18. The van der Waals surface area contributed by atoms with E-state index in [4.69, 9.17) is 5.73 Å². The molecule has 0 unspecified atom stereocenters. The van der Waals surface area contributed by atoms with Gasteiger partial charge in [0.25, 0.3) is 5.91 Å². The van der Waals surface area contributed by atoms with Crippen LogP contribution < -0.4 is 16.0 Å². The molecule has 9 nitrogen and oxygen atoms in total. The van der Waals surface area contributed by atoms with Crippen LogP contribution in [-0.4, -0.2) is 57.8 Å². The molecule has 2 amide bonds. The van der Waals surface area contributed by atoms with E-state index in [1.807, 2.05) is 23.6 Å². The number of amides is 2. The minimum Gasteiger partial charge on any atom is -0.382 e. The molecule has 0 aromatic carbocycles. The van der Waals surface area contributed by atoms with Gasteiger partial charge in [0.2, 0.25) is 5.91 Å². The number of carbonyl (C=O) groups is 2. The van der Waals surface area contributed by atoms with E-state index >= 15 is 0 Å². The smallest absolute Gasteiger partial charge is 0.279 e. The first-order chi connectivity index (χ1) is 13.0. The van der Waals surface area contributed by atoms with E-state index in [0.29, 0.717) is 37.8 Å². The van der Waals surface area contributed by atoms with Gasteiger partial charge in [-0.1, -0.05) is 19.9 Å². The van der Waals surface area contributed by atoms with Gasteiger partial charge in [-0.05, 0) is 12.1 Å². The van der Waals surface area contributed by atoms with Crippen LogP contribution in [-0.2, 0) is 4.79 Å². The predicted octanol–water partition coefficient (Wildman–Crippen LogP) is 1.01. The van der Waals surface area contributed by atoms with Gasteiger partial charge in [0.1, 0.15) is 11.6 Å². The van der Waals surface area contributed by atoms with E-state index in [1.54, 1.807) is 30.6 Å². The van der Waals surface area contributed by atoms with Crippen molar-refractivity contribution in [3.8, 4) is 0 Å². The predicted molar refractivity (Wildman–Crippen MR) is 102 cm³/mol. The molecule has 3 heterocycles. The fourth-order valence-corrected chi connectivity index (χ4v) is 2.84. The number of carbonyl (C=O) groups excluding carboxylic acids is 2. The molecule has 3 N–H and O–H groups in total. The molecule has 0 radical (unpaired) electrons. The molecule has 1 aliphatic rings. The van der Waals surface area contributed by atoms with Gasteiger partial charge in [0, 0.05) is 38.3 Å². The second-order valence-corrected chi connectivity index (χ2v) is 6.60. The molecule has 0 bridgehead atoms. The monoisotopic (exact) mass is 369 g/mol. The van der Waals surface area contributed by atoms with Crippen LogP contribution in [0, 0.1) is 5.92 Å². The molecular formula is C18H23N7O2. The molecule has 0 atom stereocenters. The summed E-state index contributed by atoms with van der Waals surface area (Å²) in [4.78, 5) is 41.0. The van der Waals surface area contributed by atoms with Gasteiger partial charge in [-0.3, -0.25) is 9.59 Å². The largest absolute Gasteiger partial charge is 0.382 e. The summed E-state index contributed by atoms with van der Waals surface area (Å²) in [5.41, 5.74) is 5.90. The Balaban J connectivity index is 1.70. The van der Waals surface area contributed by atoms with Gasteiger partial charge in [0.15, 0.2) is 11.5 Å². The van der Waals surface area contributed by atoms with Crippen molar-refractivity contribution in [2.45, 2.75) is 13.8 Å². The molecule has 27 heavy (non-hydrogen) atoms. The van der Waals surface area contributed by atoms with E-state index in [0.717, 1.165) is 0 Å². The molecule has 2 aromatic rings. The fourth-order valence-electron chi connectivity index (χ4n) is 2.84. The van der Waals surface area contributed by atoms with Crippen LogP contribution in [0.25, 0.3) is 0 Å². The van der Waals surface area contributed by atoms with Crippen LogP contribution >= 0.6 is 0 Å². The van der Waals surface area contributed by atoms with E-state index in [-0.39, 0.29) is 23.3 Å². The number of nitrogens with two attached hydrogens (primary N) is 1. The maximum Gasteiger partial charge on any atom is 0.279 e. The van der Waals surface area contributed by atoms with Crippen molar-refractivity contribution >= 4 is 29.3 Å². The zero-order valence-corrected chi connectivity index (χ0v) is 15.4. The first-order valence-corrected chi connectivity index (χ1v) is 8.84. The molecule has 3 rings (SSSR count). The van der Waals surface area contributed by atoms with Crippen molar-refractivity contribution in [1.82, 2.24) is 19.9 Å². The normalized spacial score (nSPS) is 14.3. The average molecular weight is 369 g/mol. The van der Waals surface area contributed by atoms with Crippen LogP contribution in [0.2, 0.25) is 0 Å². The SMILES string of the molecule is CC(C)C(=O)N1CCN(c2cnc(N)c(C(=O)Nc3ccccn3)n2)CC1.